The lowest BCUT2D eigenvalue weighted by molar-refractivity contribution is 1.04. The van der Waals surface area contributed by atoms with E-state index >= 15 is 0 Å². The molecule has 0 fully saturated rings. The van der Waals surface area contributed by atoms with Gasteiger partial charge in [0, 0.05) is 11.1 Å². The monoisotopic (exact) mass is 205 g/mol. The van der Waals surface area contributed by atoms with E-state index in [0.29, 0.717) is 0 Å². The van der Waals surface area contributed by atoms with Gasteiger partial charge >= 0.3 is 0 Å². The molecule has 0 aliphatic carbocycles. The third-order valence-electron chi connectivity index (χ3n) is 1.82. The average molecular weight is 205 g/mol. The molecule has 0 saturated carbocycles. The predicted octanol–water partition coefficient (Wildman–Crippen LogP) is 2.46. The highest BCUT2D eigenvalue weighted by Crippen LogP contribution is 2.07. The molecule has 0 bridgehead atoms. The zero-order chi connectivity index (χ0) is 9.80. The molecule has 0 aromatic carbocycles. The van der Waals surface area contributed by atoms with E-state index in [9.17, 15) is 0 Å². The average Bonchev–Trinajstić information content (AvgIpc) is 2.67. The molecule has 2 aromatic heterocycles. The van der Waals surface area contributed by atoms with E-state index in [1.54, 1.807) is 11.3 Å². The maximum Gasteiger partial charge on any atom is 0.126 e. The molecule has 14 heavy (non-hydrogen) atoms. The lowest BCUT2D eigenvalue weighted by Gasteiger charge is -2.03. The first-order valence-corrected chi connectivity index (χ1v) is 5.33. The molecule has 72 valence electrons. The SMILES string of the molecule is Cc1cccc(NCc2cscn2)n1. The van der Waals surface area contributed by atoms with Gasteiger partial charge in [-0.1, -0.05) is 6.07 Å². The Morgan fingerprint density at radius 3 is 3.07 bits per heavy atom. The zero-order valence-corrected chi connectivity index (χ0v) is 8.71. The minimum Gasteiger partial charge on any atom is -0.364 e. The molecular formula is C10H11N3S. The number of pyridine rings is 1. The van der Waals surface area contributed by atoms with Gasteiger partial charge in [0.1, 0.15) is 5.82 Å². The first kappa shape index (κ1) is 9.15. The molecule has 2 aromatic rings. The molecule has 3 nitrogen and oxygen atoms in total. The first-order valence-electron chi connectivity index (χ1n) is 4.39. The Morgan fingerprint density at radius 2 is 2.36 bits per heavy atom. The first-order chi connectivity index (χ1) is 6.84. The van der Waals surface area contributed by atoms with Crippen LogP contribution in [0.25, 0.3) is 0 Å². The van der Waals surface area contributed by atoms with Gasteiger partial charge in [0.25, 0.3) is 0 Å². The summed E-state index contributed by atoms with van der Waals surface area (Å²) in [5.74, 6) is 0.901. The van der Waals surface area contributed by atoms with Gasteiger partial charge in [-0.05, 0) is 19.1 Å². The van der Waals surface area contributed by atoms with Crippen LogP contribution in [0.4, 0.5) is 5.82 Å². The number of nitrogens with zero attached hydrogens (tertiary/aromatic N) is 2. The zero-order valence-electron chi connectivity index (χ0n) is 7.90. The predicted molar refractivity (Wildman–Crippen MR) is 58.4 cm³/mol. The van der Waals surface area contributed by atoms with Crippen molar-refractivity contribution in [3.8, 4) is 0 Å². The van der Waals surface area contributed by atoms with Gasteiger partial charge in [-0.15, -0.1) is 11.3 Å². The highest BCUT2D eigenvalue weighted by molar-refractivity contribution is 7.07. The number of hydrogen-bond acceptors (Lipinski definition) is 4. The molecule has 0 saturated heterocycles. The van der Waals surface area contributed by atoms with E-state index in [-0.39, 0.29) is 0 Å². The molecule has 0 aliphatic heterocycles. The van der Waals surface area contributed by atoms with E-state index < -0.39 is 0 Å². The molecule has 0 aliphatic rings. The van der Waals surface area contributed by atoms with E-state index in [1.165, 1.54) is 0 Å². The Morgan fingerprint density at radius 1 is 1.43 bits per heavy atom. The highest BCUT2D eigenvalue weighted by Gasteiger charge is 1.96. The molecule has 2 rings (SSSR count). The summed E-state index contributed by atoms with van der Waals surface area (Å²) in [5, 5.41) is 5.25. The number of hydrogen-bond donors (Lipinski definition) is 1. The van der Waals surface area contributed by atoms with Gasteiger partial charge < -0.3 is 5.32 Å². The van der Waals surface area contributed by atoms with Gasteiger partial charge in [0.2, 0.25) is 0 Å². The number of anilines is 1. The van der Waals surface area contributed by atoms with Crippen molar-refractivity contribution in [3.05, 3.63) is 40.5 Å². The number of rotatable bonds is 3. The van der Waals surface area contributed by atoms with Crippen molar-refractivity contribution < 1.29 is 0 Å². The second-order valence-corrected chi connectivity index (χ2v) is 3.72. The second-order valence-electron chi connectivity index (χ2n) is 3.00. The Labute approximate surface area is 86.8 Å². The molecule has 2 heterocycles. The second kappa shape index (κ2) is 4.19. The normalized spacial score (nSPS) is 10.1. The fourth-order valence-electron chi connectivity index (χ4n) is 1.15. The standard InChI is InChI=1S/C10H11N3S/c1-8-3-2-4-10(13-8)11-5-9-6-14-7-12-9/h2-4,6-7H,5H2,1H3,(H,11,13). The molecule has 4 heteroatoms. The topological polar surface area (TPSA) is 37.8 Å². The summed E-state index contributed by atoms with van der Waals surface area (Å²) in [6, 6.07) is 5.93. The van der Waals surface area contributed by atoms with Crippen molar-refractivity contribution in [2.75, 3.05) is 5.32 Å². The van der Waals surface area contributed by atoms with Gasteiger partial charge in [-0.2, -0.15) is 0 Å². The fourth-order valence-corrected chi connectivity index (χ4v) is 1.71. The van der Waals surface area contributed by atoms with E-state index in [2.05, 4.69) is 15.3 Å². The van der Waals surface area contributed by atoms with Crippen LogP contribution >= 0.6 is 11.3 Å². The summed E-state index contributed by atoms with van der Waals surface area (Å²) < 4.78 is 0. The Kier molecular flexibility index (Phi) is 2.74. The van der Waals surface area contributed by atoms with Crippen molar-refractivity contribution in [2.45, 2.75) is 13.5 Å². The van der Waals surface area contributed by atoms with Crippen LogP contribution in [0.3, 0.4) is 0 Å². The van der Waals surface area contributed by atoms with Gasteiger partial charge in [0.05, 0.1) is 17.7 Å². The summed E-state index contributed by atoms with van der Waals surface area (Å²) in [7, 11) is 0. The molecule has 0 spiro atoms. The summed E-state index contributed by atoms with van der Waals surface area (Å²) in [5.41, 5.74) is 3.91. The Bertz CT molecular complexity index is 398. The third-order valence-corrected chi connectivity index (χ3v) is 2.46. The number of nitrogens with one attached hydrogen (secondary N) is 1. The minimum atomic E-state index is 0.736. The summed E-state index contributed by atoms with van der Waals surface area (Å²) >= 11 is 1.61. The van der Waals surface area contributed by atoms with Crippen LogP contribution in [0, 0.1) is 6.92 Å². The van der Waals surface area contributed by atoms with Gasteiger partial charge in [0.15, 0.2) is 0 Å². The summed E-state index contributed by atoms with van der Waals surface area (Å²) in [4.78, 5) is 8.52. The third kappa shape index (κ3) is 2.29. The number of aromatic nitrogens is 2. The van der Waals surface area contributed by atoms with Crippen LogP contribution < -0.4 is 5.32 Å². The van der Waals surface area contributed by atoms with Crippen LogP contribution in [0.1, 0.15) is 11.4 Å². The van der Waals surface area contributed by atoms with E-state index in [0.717, 1.165) is 23.8 Å². The largest absolute Gasteiger partial charge is 0.364 e. The van der Waals surface area contributed by atoms with Crippen LogP contribution in [-0.4, -0.2) is 9.97 Å². The highest BCUT2D eigenvalue weighted by atomic mass is 32.1. The molecule has 0 radical (unpaired) electrons. The van der Waals surface area contributed by atoms with Crippen LogP contribution in [0.5, 0.6) is 0 Å². The summed E-state index contributed by atoms with van der Waals surface area (Å²) in [6.45, 7) is 2.72. The van der Waals surface area contributed by atoms with Crippen molar-refractivity contribution in [1.29, 1.82) is 0 Å². The van der Waals surface area contributed by atoms with Crippen molar-refractivity contribution in [1.82, 2.24) is 9.97 Å². The fraction of sp³-hybridized carbons (Fsp3) is 0.200. The molecule has 1 N–H and O–H groups in total. The Balaban J connectivity index is 1.98. The van der Waals surface area contributed by atoms with Crippen LogP contribution in [-0.2, 0) is 6.54 Å². The molecule has 0 unspecified atom stereocenters. The number of aryl methyl sites for hydroxylation is 1. The van der Waals surface area contributed by atoms with Gasteiger partial charge in [-0.25, -0.2) is 9.97 Å². The maximum atomic E-state index is 4.34. The Hall–Kier alpha value is -1.42. The van der Waals surface area contributed by atoms with E-state index in [4.69, 9.17) is 0 Å². The van der Waals surface area contributed by atoms with Crippen molar-refractivity contribution >= 4 is 17.2 Å². The molecular weight excluding hydrogens is 194 g/mol. The van der Waals surface area contributed by atoms with Crippen molar-refractivity contribution in [3.63, 3.8) is 0 Å². The number of thiazole rings is 1. The van der Waals surface area contributed by atoms with Crippen LogP contribution in [0.2, 0.25) is 0 Å². The van der Waals surface area contributed by atoms with Gasteiger partial charge in [-0.3, -0.25) is 0 Å². The minimum absolute atomic E-state index is 0.736. The smallest absolute Gasteiger partial charge is 0.126 e. The summed E-state index contributed by atoms with van der Waals surface area (Å²) in [6.07, 6.45) is 0. The van der Waals surface area contributed by atoms with E-state index in [1.807, 2.05) is 36.0 Å². The maximum absolute atomic E-state index is 4.34. The quantitative estimate of drug-likeness (QED) is 0.836. The van der Waals surface area contributed by atoms with Crippen molar-refractivity contribution in [2.24, 2.45) is 0 Å². The lowest BCUT2D eigenvalue weighted by atomic mass is 10.3. The molecule has 0 amide bonds. The molecule has 0 atom stereocenters. The van der Waals surface area contributed by atoms with Crippen LogP contribution in [0.15, 0.2) is 29.1 Å². The lowest BCUT2D eigenvalue weighted by Crippen LogP contribution is -2.01.